The summed E-state index contributed by atoms with van der Waals surface area (Å²) in [5, 5.41) is 0. The van der Waals surface area contributed by atoms with Gasteiger partial charge >= 0.3 is 10.2 Å². The Kier molecular flexibility index (Phi) is 3.86. The monoisotopic (exact) mass is 168 g/mol. The van der Waals surface area contributed by atoms with Crippen molar-refractivity contribution in [2.24, 2.45) is 5.92 Å². The lowest BCUT2D eigenvalue weighted by Crippen LogP contribution is -2.08. The Balaban J connectivity index is 3.69. The minimum Gasteiger partial charge on any atom is -0.195 e. The van der Waals surface area contributed by atoms with Crippen molar-refractivity contribution in [3.8, 4) is 0 Å². The maximum absolute atomic E-state index is 11.9. The molecule has 2 nitrogen and oxygen atoms in total. The average molecular weight is 168 g/mol. The molecular weight excluding hydrogens is 155 g/mol. The molecule has 0 rings (SSSR count). The molecular formula is C6H13FO2S. The van der Waals surface area contributed by atoms with E-state index in [9.17, 15) is 12.3 Å². The molecule has 0 N–H and O–H groups in total. The van der Waals surface area contributed by atoms with Gasteiger partial charge in [-0.25, -0.2) is 0 Å². The minimum absolute atomic E-state index is 0.0556. The van der Waals surface area contributed by atoms with Crippen LogP contribution in [0.25, 0.3) is 0 Å². The molecule has 0 aromatic heterocycles. The van der Waals surface area contributed by atoms with Gasteiger partial charge in [-0.2, -0.15) is 8.42 Å². The van der Waals surface area contributed by atoms with E-state index in [1.807, 2.05) is 6.92 Å². The lowest BCUT2D eigenvalue weighted by atomic mass is 10.1. The Hall–Kier alpha value is -0.120. The zero-order valence-corrected chi connectivity index (χ0v) is 7.12. The van der Waals surface area contributed by atoms with Crippen LogP contribution in [0, 0.1) is 5.92 Å². The molecule has 0 saturated carbocycles. The maximum atomic E-state index is 11.9. The summed E-state index contributed by atoms with van der Waals surface area (Å²) in [6.07, 6.45) is 1.67. The van der Waals surface area contributed by atoms with Crippen LogP contribution in [-0.2, 0) is 10.2 Å². The first-order valence-corrected chi connectivity index (χ1v) is 4.93. The molecule has 0 aliphatic rings. The quantitative estimate of drug-likeness (QED) is 0.599. The van der Waals surface area contributed by atoms with Gasteiger partial charge in [0.15, 0.2) is 0 Å². The van der Waals surface area contributed by atoms with Gasteiger partial charge in [0.1, 0.15) is 0 Å². The molecule has 0 spiro atoms. The Morgan fingerprint density at radius 1 is 1.50 bits per heavy atom. The molecule has 4 heteroatoms. The molecule has 0 bridgehead atoms. The van der Waals surface area contributed by atoms with E-state index in [4.69, 9.17) is 0 Å². The number of halogens is 1. The van der Waals surface area contributed by atoms with Crippen LogP contribution in [-0.4, -0.2) is 14.2 Å². The number of hydrogen-bond acceptors (Lipinski definition) is 2. The second kappa shape index (κ2) is 3.91. The topological polar surface area (TPSA) is 34.1 Å². The molecule has 62 valence electrons. The summed E-state index contributed by atoms with van der Waals surface area (Å²) >= 11 is 0. The minimum atomic E-state index is -4.25. The maximum Gasteiger partial charge on any atom is 0.302 e. The molecule has 0 unspecified atom stereocenters. The van der Waals surface area contributed by atoms with Gasteiger partial charge in [-0.05, 0) is 12.3 Å². The molecule has 0 amide bonds. The average Bonchev–Trinajstić information content (AvgIpc) is 1.59. The summed E-state index contributed by atoms with van der Waals surface area (Å²) in [7, 11) is -4.25. The van der Waals surface area contributed by atoms with Crippen molar-refractivity contribution in [2.75, 3.05) is 5.75 Å². The Labute approximate surface area is 61.7 Å². The first-order valence-electron chi connectivity index (χ1n) is 3.38. The molecule has 0 radical (unpaired) electrons. The van der Waals surface area contributed by atoms with Crippen LogP contribution in [0.3, 0.4) is 0 Å². The molecule has 0 aromatic rings. The van der Waals surface area contributed by atoms with Crippen LogP contribution in [0.15, 0.2) is 0 Å². The van der Waals surface area contributed by atoms with Crippen LogP contribution >= 0.6 is 0 Å². The van der Waals surface area contributed by atoms with Gasteiger partial charge in [0.25, 0.3) is 0 Å². The predicted octanol–water partition coefficient (Wildman–Crippen LogP) is 1.72. The molecule has 0 aliphatic heterocycles. The fourth-order valence-electron chi connectivity index (χ4n) is 0.916. The van der Waals surface area contributed by atoms with E-state index in [1.54, 1.807) is 6.92 Å². The van der Waals surface area contributed by atoms with Gasteiger partial charge in [-0.1, -0.05) is 20.3 Å². The summed E-state index contributed by atoms with van der Waals surface area (Å²) < 4.78 is 32.0. The van der Waals surface area contributed by atoms with Crippen LogP contribution in [0.5, 0.6) is 0 Å². The van der Waals surface area contributed by atoms with Gasteiger partial charge in [0, 0.05) is 0 Å². The van der Waals surface area contributed by atoms with Crippen LogP contribution < -0.4 is 0 Å². The Morgan fingerprint density at radius 2 is 2.00 bits per heavy atom. The molecule has 0 fully saturated rings. The first-order chi connectivity index (χ1) is 4.45. The predicted molar refractivity (Wildman–Crippen MR) is 39.0 cm³/mol. The zero-order valence-electron chi connectivity index (χ0n) is 6.30. The molecule has 0 aromatic carbocycles. The second-order valence-electron chi connectivity index (χ2n) is 2.60. The highest BCUT2D eigenvalue weighted by Gasteiger charge is 2.12. The van der Waals surface area contributed by atoms with Gasteiger partial charge < -0.3 is 0 Å². The van der Waals surface area contributed by atoms with E-state index in [2.05, 4.69) is 0 Å². The highest BCUT2D eigenvalue weighted by molar-refractivity contribution is 7.86. The second-order valence-corrected chi connectivity index (χ2v) is 4.01. The lowest BCUT2D eigenvalue weighted by molar-refractivity contribution is 0.515. The van der Waals surface area contributed by atoms with Crippen LogP contribution in [0.4, 0.5) is 3.89 Å². The van der Waals surface area contributed by atoms with Crippen molar-refractivity contribution >= 4 is 10.2 Å². The largest absolute Gasteiger partial charge is 0.302 e. The van der Waals surface area contributed by atoms with Crippen molar-refractivity contribution in [1.82, 2.24) is 0 Å². The van der Waals surface area contributed by atoms with Crippen molar-refractivity contribution in [3.63, 3.8) is 0 Å². The third-order valence-corrected chi connectivity index (χ3v) is 2.23. The summed E-state index contributed by atoms with van der Waals surface area (Å²) in [6, 6.07) is 0. The van der Waals surface area contributed by atoms with E-state index in [1.165, 1.54) is 0 Å². The fraction of sp³-hybridized carbons (Fsp3) is 1.00. The van der Waals surface area contributed by atoms with Crippen molar-refractivity contribution < 1.29 is 12.3 Å². The van der Waals surface area contributed by atoms with Gasteiger partial charge in [0.2, 0.25) is 0 Å². The van der Waals surface area contributed by atoms with Gasteiger partial charge in [-0.15, -0.1) is 3.89 Å². The number of rotatable bonds is 4. The molecule has 1 atom stereocenters. The first kappa shape index (κ1) is 9.88. The molecule has 0 heterocycles. The Bertz CT molecular complexity index is 174. The normalized spacial score (nSPS) is 15.1. The zero-order chi connectivity index (χ0) is 8.20. The van der Waals surface area contributed by atoms with Crippen LogP contribution in [0.2, 0.25) is 0 Å². The van der Waals surface area contributed by atoms with E-state index in [0.717, 1.165) is 12.8 Å². The highest BCUT2D eigenvalue weighted by Crippen LogP contribution is 2.08. The number of hydrogen-bond donors (Lipinski definition) is 0. The van der Waals surface area contributed by atoms with E-state index < -0.39 is 10.2 Å². The Morgan fingerprint density at radius 3 is 2.30 bits per heavy atom. The van der Waals surface area contributed by atoms with Crippen LogP contribution in [0.1, 0.15) is 26.7 Å². The third kappa shape index (κ3) is 6.01. The summed E-state index contributed by atoms with van der Waals surface area (Å²) in [4.78, 5) is 0. The summed E-state index contributed by atoms with van der Waals surface area (Å²) in [5.74, 6) is -0.388. The van der Waals surface area contributed by atoms with E-state index in [-0.39, 0.29) is 11.7 Å². The van der Waals surface area contributed by atoms with E-state index in [0.29, 0.717) is 0 Å². The van der Waals surface area contributed by atoms with Gasteiger partial charge in [0.05, 0.1) is 5.75 Å². The van der Waals surface area contributed by atoms with Gasteiger partial charge in [-0.3, -0.25) is 0 Å². The molecule has 0 saturated heterocycles. The standard InChI is InChI=1S/C6H13FO2S/c1-3-4-6(2)5-10(7,8)9/h6H,3-5H2,1-2H3/t6-/m1/s1. The lowest BCUT2D eigenvalue weighted by Gasteiger charge is -2.04. The fourth-order valence-corrected chi connectivity index (χ4v) is 1.76. The van der Waals surface area contributed by atoms with Crippen molar-refractivity contribution in [2.45, 2.75) is 26.7 Å². The van der Waals surface area contributed by atoms with E-state index >= 15 is 0 Å². The molecule has 10 heavy (non-hydrogen) atoms. The highest BCUT2D eigenvalue weighted by atomic mass is 32.3. The summed E-state index contributed by atoms with van der Waals surface area (Å²) in [5.41, 5.74) is 0. The molecule has 0 aliphatic carbocycles. The van der Waals surface area contributed by atoms with Crippen molar-refractivity contribution in [1.29, 1.82) is 0 Å². The van der Waals surface area contributed by atoms with Crippen molar-refractivity contribution in [3.05, 3.63) is 0 Å². The third-order valence-electron chi connectivity index (χ3n) is 1.27. The smallest absolute Gasteiger partial charge is 0.195 e. The summed E-state index contributed by atoms with van der Waals surface area (Å²) in [6.45, 7) is 3.68. The SMILES string of the molecule is CCC[C@@H](C)CS(=O)(=O)F.